The molecule has 0 saturated heterocycles. The van der Waals surface area contributed by atoms with Crippen LogP contribution in [0.25, 0.3) is 0 Å². The fourth-order valence-electron chi connectivity index (χ4n) is 3.49. The van der Waals surface area contributed by atoms with Gasteiger partial charge >= 0.3 is 12.1 Å². The van der Waals surface area contributed by atoms with Crippen LogP contribution in [-0.4, -0.2) is 65.2 Å². The van der Waals surface area contributed by atoms with Crippen LogP contribution >= 0.6 is 11.8 Å². The highest BCUT2D eigenvalue weighted by Gasteiger charge is 2.29. The van der Waals surface area contributed by atoms with Gasteiger partial charge in [-0.2, -0.15) is 11.8 Å². The smallest absolute Gasteiger partial charge is 0.407 e. The van der Waals surface area contributed by atoms with Crippen LogP contribution in [0.3, 0.4) is 0 Å². The van der Waals surface area contributed by atoms with Gasteiger partial charge in [-0.1, -0.05) is 12.8 Å². The van der Waals surface area contributed by atoms with Gasteiger partial charge in [-0.15, -0.1) is 0 Å². The number of carboxylic acids is 1. The lowest BCUT2D eigenvalue weighted by atomic mass is 10.0. The van der Waals surface area contributed by atoms with E-state index in [9.17, 15) is 24.3 Å². The van der Waals surface area contributed by atoms with Gasteiger partial charge in [-0.05, 0) is 71.3 Å². The lowest BCUT2D eigenvalue weighted by Gasteiger charge is -2.23. The van der Waals surface area contributed by atoms with Crippen molar-refractivity contribution >= 4 is 35.6 Å². The molecule has 0 aromatic heterocycles. The van der Waals surface area contributed by atoms with E-state index in [0.29, 0.717) is 38.0 Å². The average Bonchev–Trinajstić information content (AvgIpc) is 3.23. The largest absolute Gasteiger partial charge is 0.480 e. The number of thioether (sulfide) groups is 1. The van der Waals surface area contributed by atoms with Crippen molar-refractivity contribution in [2.24, 2.45) is 5.92 Å². The summed E-state index contributed by atoms with van der Waals surface area (Å²) in [6.07, 6.45) is 6.83. The Morgan fingerprint density at radius 2 is 1.69 bits per heavy atom. The van der Waals surface area contributed by atoms with Gasteiger partial charge in [-0.3, -0.25) is 9.59 Å². The number of unbranched alkanes of at least 4 members (excludes halogenated alkanes) is 1. The number of hydrogen-bond acceptors (Lipinski definition) is 6. The van der Waals surface area contributed by atoms with Crippen LogP contribution in [0.1, 0.15) is 72.1 Å². The molecule has 0 bridgehead atoms. The van der Waals surface area contributed by atoms with Gasteiger partial charge in [0.2, 0.25) is 11.8 Å². The molecule has 0 aromatic carbocycles. The van der Waals surface area contributed by atoms with Crippen molar-refractivity contribution in [3.63, 3.8) is 0 Å². The summed E-state index contributed by atoms with van der Waals surface area (Å²) in [5.74, 6) is -1.21. The molecule has 4 N–H and O–H groups in total. The number of carbonyl (C=O) groups excluding carboxylic acids is 3. The summed E-state index contributed by atoms with van der Waals surface area (Å²) in [5, 5.41) is 17.5. The lowest BCUT2D eigenvalue weighted by molar-refractivity contribution is -0.142. The van der Waals surface area contributed by atoms with E-state index in [2.05, 4.69) is 16.0 Å². The molecule has 0 aromatic rings. The molecule has 1 aliphatic carbocycles. The zero-order valence-corrected chi connectivity index (χ0v) is 20.5. The van der Waals surface area contributed by atoms with E-state index < -0.39 is 35.7 Å². The van der Waals surface area contributed by atoms with Gasteiger partial charge in [0.1, 0.15) is 17.7 Å². The zero-order chi connectivity index (χ0) is 24.1. The Morgan fingerprint density at radius 1 is 1.03 bits per heavy atom. The number of nitrogens with one attached hydrogen (secondary N) is 3. The minimum absolute atomic E-state index is 0.0918. The normalized spacial score (nSPS) is 16.1. The summed E-state index contributed by atoms with van der Waals surface area (Å²) in [6.45, 7) is 5.73. The molecule has 0 aliphatic heterocycles. The Kier molecular flexibility index (Phi) is 12.5. The van der Waals surface area contributed by atoms with E-state index in [1.165, 1.54) is 11.8 Å². The second kappa shape index (κ2) is 14.2. The van der Waals surface area contributed by atoms with Crippen molar-refractivity contribution in [2.45, 2.75) is 89.8 Å². The Balaban J connectivity index is 2.61. The summed E-state index contributed by atoms with van der Waals surface area (Å²) < 4.78 is 5.18. The predicted octanol–water partition coefficient (Wildman–Crippen LogP) is 2.68. The monoisotopic (exact) mass is 473 g/mol. The van der Waals surface area contributed by atoms with Crippen molar-refractivity contribution in [2.75, 3.05) is 18.6 Å². The third kappa shape index (κ3) is 11.6. The second-order valence-corrected chi connectivity index (χ2v) is 10.1. The van der Waals surface area contributed by atoms with Crippen molar-refractivity contribution in [1.82, 2.24) is 16.0 Å². The number of amides is 3. The molecule has 0 unspecified atom stereocenters. The topological polar surface area (TPSA) is 134 Å². The summed E-state index contributed by atoms with van der Waals surface area (Å²) in [6, 6.07) is -1.80. The lowest BCUT2D eigenvalue weighted by Crippen LogP contribution is -2.52. The SMILES string of the molecule is CSCC[C@H](NC(=O)[C@H](CCCCNC(=O)OC(C)(C)C)NC(=O)C1CCCC1)C(=O)O. The molecule has 1 rings (SSSR count). The quantitative estimate of drug-likeness (QED) is 0.302. The van der Waals surface area contributed by atoms with Crippen LogP contribution in [0, 0.1) is 5.92 Å². The maximum atomic E-state index is 12.8. The fraction of sp³-hybridized carbons (Fsp3) is 0.818. The molecule has 1 fully saturated rings. The maximum Gasteiger partial charge on any atom is 0.407 e. The maximum absolute atomic E-state index is 12.8. The van der Waals surface area contributed by atoms with Gasteiger partial charge < -0.3 is 25.8 Å². The van der Waals surface area contributed by atoms with Gasteiger partial charge in [0.25, 0.3) is 0 Å². The first-order chi connectivity index (χ1) is 15.0. The molecule has 0 heterocycles. The number of hydrogen-bond donors (Lipinski definition) is 4. The Labute approximate surface area is 195 Å². The van der Waals surface area contributed by atoms with Crippen LogP contribution in [0.5, 0.6) is 0 Å². The van der Waals surface area contributed by atoms with E-state index >= 15 is 0 Å². The van der Waals surface area contributed by atoms with Gasteiger partial charge in [-0.25, -0.2) is 9.59 Å². The van der Waals surface area contributed by atoms with Crippen LogP contribution in [0.4, 0.5) is 4.79 Å². The van der Waals surface area contributed by atoms with Crippen LogP contribution in [0.15, 0.2) is 0 Å². The highest BCUT2D eigenvalue weighted by Crippen LogP contribution is 2.25. The molecule has 0 radical (unpaired) electrons. The molecule has 2 atom stereocenters. The van der Waals surface area contributed by atoms with Crippen LogP contribution in [-0.2, 0) is 19.1 Å². The average molecular weight is 474 g/mol. The van der Waals surface area contributed by atoms with Crippen molar-refractivity contribution in [3.05, 3.63) is 0 Å². The molecule has 0 spiro atoms. The first kappa shape index (κ1) is 28.1. The van der Waals surface area contributed by atoms with E-state index in [-0.39, 0.29) is 11.8 Å². The van der Waals surface area contributed by atoms with Gasteiger partial charge in [0, 0.05) is 12.5 Å². The van der Waals surface area contributed by atoms with Crippen LogP contribution < -0.4 is 16.0 Å². The molecule has 10 heteroatoms. The number of carboxylic acid groups (broad SMARTS) is 1. The summed E-state index contributed by atoms with van der Waals surface area (Å²) in [4.78, 5) is 48.6. The minimum atomic E-state index is -1.09. The highest BCUT2D eigenvalue weighted by molar-refractivity contribution is 7.98. The molecular weight excluding hydrogens is 434 g/mol. The first-order valence-corrected chi connectivity index (χ1v) is 12.7. The minimum Gasteiger partial charge on any atom is -0.480 e. The van der Waals surface area contributed by atoms with E-state index in [1.54, 1.807) is 20.8 Å². The number of aliphatic carboxylic acids is 1. The number of ether oxygens (including phenoxy) is 1. The predicted molar refractivity (Wildman–Crippen MR) is 125 cm³/mol. The highest BCUT2D eigenvalue weighted by atomic mass is 32.2. The van der Waals surface area contributed by atoms with Crippen molar-refractivity contribution < 1.29 is 29.0 Å². The Bertz CT molecular complexity index is 632. The molecule has 32 heavy (non-hydrogen) atoms. The number of rotatable bonds is 13. The van der Waals surface area contributed by atoms with Crippen molar-refractivity contribution in [3.8, 4) is 0 Å². The Hall–Kier alpha value is -1.97. The van der Waals surface area contributed by atoms with Gasteiger partial charge in [0.05, 0.1) is 0 Å². The molecule has 184 valence electrons. The third-order valence-electron chi connectivity index (χ3n) is 5.17. The second-order valence-electron chi connectivity index (χ2n) is 9.15. The van der Waals surface area contributed by atoms with Gasteiger partial charge in [0.15, 0.2) is 0 Å². The van der Waals surface area contributed by atoms with Crippen molar-refractivity contribution in [1.29, 1.82) is 0 Å². The standard InChI is InChI=1S/C22H39N3O6S/c1-22(2,3)31-21(30)23-13-8-7-11-16(24-18(26)15-9-5-6-10-15)19(27)25-17(20(28)29)12-14-32-4/h15-17H,5-14H2,1-4H3,(H,23,30)(H,24,26)(H,25,27)(H,28,29)/t16-,17-/m0/s1. The summed E-state index contributed by atoms with van der Waals surface area (Å²) in [5.41, 5.74) is -0.575. The first-order valence-electron chi connectivity index (χ1n) is 11.3. The molecule has 1 aliphatic rings. The zero-order valence-electron chi connectivity index (χ0n) is 19.7. The van der Waals surface area contributed by atoms with E-state index in [4.69, 9.17) is 4.74 Å². The fourth-order valence-corrected chi connectivity index (χ4v) is 3.96. The summed E-state index contributed by atoms with van der Waals surface area (Å²) >= 11 is 1.51. The van der Waals surface area contributed by atoms with E-state index in [0.717, 1.165) is 25.7 Å². The van der Waals surface area contributed by atoms with E-state index in [1.807, 2.05) is 6.26 Å². The summed E-state index contributed by atoms with van der Waals surface area (Å²) in [7, 11) is 0. The van der Waals surface area contributed by atoms with Crippen LogP contribution in [0.2, 0.25) is 0 Å². The number of alkyl carbamates (subject to hydrolysis) is 1. The molecular formula is C22H39N3O6S. The molecule has 1 saturated carbocycles. The molecule has 3 amide bonds. The molecule has 9 nitrogen and oxygen atoms in total. The Morgan fingerprint density at radius 3 is 2.25 bits per heavy atom. The number of carbonyl (C=O) groups is 4. The third-order valence-corrected chi connectivity index (χ3v) is 5.82.